The quantitative estimate of drug-likeness (QED) is 0.793. The number of hydrogen-bond donors (Lipinski definition) is 1. The average molecular weight is 302 g/mol. The molecule has 3 rings (SSSR count). The maximum absolute atomic E-state index is 11.9. The second-order valence-electron chi connectivity index (χ2n) is 5.08. The van der Waals surface area contributed by atoms with Gasteiger partial charge in [-0.25, -0.2) is 0 Å². The summed E-state index contributed by atoms with van der Waals surface area (Å²) >= 11 is 0. The van der Waals surface area contributed by atoms with Crippen LogP contribution in [-0.2, 0) is 17.7 Å². The maximum atomic E-state index is 11.9. The van der Waals surface area contributed by atoms with Gasteiger partial charge in [0.15, 0.2) is 0 Å². The third-order valence-corrected chi connectivity index (χ3v) is 3.44. The van der Waals surface area contributed by atoms with Gasteiger partial charge in [0.05, 0.1) is 19.3 Å². The Morgan fingerprint density at radius 1 is 1.55 bits per heavy atom. The highest BCUT2D eigenvalue weighted by Crippen LogP contribution is 2.20. The number of nitrogens with one attached hydrogen (secondary N) is 1. The Bertz CT molecular complexity index is 618. The minimum atomic E-state index is -0.177. The lowest BCUT2D eigenvalue weighted by Crippen LogP contribution is -2.27. The van der Waals surface area contributed by atoms with Crippen molar-refractivity contribution in [3.8, 4) is 5.75 Å². The first-order chi connectivity index (χ1) is 10.8. The predicted octanol–water partition coefficient (Wildman–Crippen LogP) is 0.658. The van der Waals surface area contributed by atoms with Crippen molar-refractivity contribution in [3.63, 3.8) is 0 Å². The number of ether oxygens (including phenoxy) is 2. The number of rotatable bonds is 6. The van der Waals surface area contributed by atoms with Gasteiger partial charge in [0.2, 0.25) is 0 Å². The molecule has 0 fully saturated rings. The number of aromatic nitrogens is 3. The molecule has 0 radical (unpaired) electrons. The fraction of sp³-hybridized carbons (Fsp3) is 0.400. The molecule has 0 spiro atoms. The van der Waals surface area contributed by atoms with E-state index >= 15 is 0 Å². The molecule has 2 aromatic heterocycles. The first-order valence-electron chi connectivity index (χ1n) is 7.17. The molecule has 0 aliphatic carbocycles. The standard InChI is InChI=1S/C15H18N4O3/c1-21-6-5-17-15(20)14-8-11-7-13(10-19(11)18-14)22-12-3-2-4-16-9-12/h2-4,8-9,13H,5-7,10H2,1H3,(H,17,20)/t13-/m0/s1. The number of carbonyl (C=O) groups is 1. The number of nitrogens with zero attached hydrogens (tertiary/aromatic N) is 3. The van der Waals surface area contributed by atoms with Gasteiger partial charge in [-0.1, -0.05) is 0 Å². The highest BCUT2D eigenvalue weighted by Gasteiger charge is 2.26. The van der Waals surface area contributed by atoms with Crippen molar-refractivity contribution in [1.82, 2.24) is 20.1 Å². The number of hydrogen-bond acceptors (Lipinski definition) is 5. The molecule has 1 atom stereocenters. The molecular weight excluding hydrogens is 284 g/mol. The van der Waals surface area contributed by atoms with E-state index in [1.807, 2.05) is 22.9 Å². The van der Waals surface area contributed by atoms with Crippen LogP contribution in [0.4, 0.5) is 0 Å². The Hall–Kier alpha value is -2.41. The Morgan fingerprint density at radius 3 is 3.18 bits per heavy atom. The molecule has 22 heavy (non-hydrogen) atoms. The van der Waals surface area contributed by atoms with Gasteiger partial charge in [0.1, 0.15) is 17.5 Å². The van der Waals surface area contributed by atoms with Gasteiger partial charge < -0.3 is 14.8 Å². The molecule has 116 valence electrons. The van der Waals surface area contributed by atoms with E-state index in [0.717, 1.165) is 17.9 Å². The minimum absolute atomic E-state index is 0.0253. The van der Waals surface area contributed by atoms with Gasteiger partial charge in [0.25, 0.3) is 5.91 Å². The largest absolute Gasteiger partial charge is 0.486 e. The molecule has 2 aromatic rings. The number of fused-ring (bicyclic) bond motifs is 1. The van der Waals surface area contributed by atoms with Crippen LogP contribution >= 0.6 is 0 Å². The van der Waals surface area contributed by atoms with Crippen LogP contribution in [0.25, 0.3) is 0 Å². The highest BCUT2D eigenvalue weighted by molar-refractivity contribution is 5.92. The van der Waals surface area contributed by atoms with Crippen LogP contribution in [0, 0.1) is 0 Å². The van der Waals surface area contributed by atoms with Crippen LogP contribution in [0.2, 0.25) is 0 Å². The summed E-state index contributed by atoms with van der Waals surface area (Å²) in [6.45, 7) is 1.60. The lowest BCUT2D eigenvalue weighted by Gasteiger charge is -2.12. The Balaban J connectivity index is 1.57. The molecule has 1 aliphatic rings. The summed E-state index contributed by atoms with van der Waals surface area (Å²) in [5, 5.41) is 7.09. The number of pyridine rings is 1. The van der Waals surface area contributed by atoms with Crippen molar-refractivity contribution in [2.75, 3.05) is 20.3 Å². The summed E-state index contributed by atoms with van der Waals surface area (Å²) in [4.78, 5) is 15.9. The first kappa shape index (κ1) is 14.5. The average Bonchev–Trinajstić information content (AvgIpc) is 3.07. The molecule has 0 saturated carbocycles. The van der Waals surface area contributed by atoms with Crippen molar-refractivity contribution in [2.24, 2.45) is 0 Å². The Morgan fingerprint density at radius 2 is 2.45 bits per heavy atom. The molecule has 0 saturated heterocycles. The normalized spacial score (nSPS) is 16.3. The fourth-order valence-corrected chi connectivity index (χ4v) is 2.42. The van der Waals surface area contributed by atoms with Crippen LogP contribution in [0.1, 0.15) is 16.2 Å². The Kier molecular flexibility index (Phi) is 4.34. The molecule has 0 bridgehead atoms. The van der Waals surface area contributed by atoms with Crippen LogP contribution in [0.5, 0.6) is 5.75 Å². The van der Waals surface area contributed by atoms with Crippen LogP contribution < -0.4 is 10.1 Å². The van der Waals surface area contributed by atoms with Gasteiger partial charge in [0, 0.05) is 32.0 Å². The van der Waals surface area contributed by atoms with E-state index in [1.165, 1.54) is 0 Å². The molecular formula is C15H18N4O3. The molecule has 1 aliphatic heterocycles. The van der Waals surface area contributed by atoms with E-state index in [4.69, 9.17) is 9.47 Å². The maximum Gasteiger partial charge on any atom is 0.271 e. The second-order valence-corrected chi connectivity index (χ2v) is 5.08. The Labute approximate surface area is 128 Å². The minimum Gasteiger partial charge on any atom is -0.486 e. The van der Waals surface area contributed by atoms with Gasteiger partial charge in [-0.3, -0.25) is 14.5 Å². The molecule has 1 amide bonds. The van der Waals surface area contributed by atoms with Gasteiger partial charge >= 0.3 is 0 Å². The van der Waals surface area contributed by atoms with Gasteiger partial charge in [-0.2, -0.15) is 5.10 Å². The third kappa shape index (κ3) is 3.25. The molecule has 3 heterocycles. The fourth-order valence-electron chi connectivity index (χ4n) is 2.42. The van der Waals surface area contributed by atoms with Crippen LogP contribution in [0.15, 0.2) is 30.6 Å². The summed E-state index contributed by atoms with van der Waals surface area (Å²) in [6, 6.07) is 5.53. The van der Waals surface area contributed by atoms with Gasteiger partial charge in [-0.05, 0) is 18.2 Å². The van der Waals surface area contributed by atoms with E-state index in [0.29, 0.717) is 25.4 Å². The first-order valence-corrected chi connectivity index (χ1v) is 7.17. The SMILES string of the molecule is COCCNC(=O)c1cc2n(n1)C[C@@H](Oc1cccnc1)C2. The second kappa shape index (κ2) is 6.57. The van der Waals surface area contributed by atoms with Crippen LogP contribution in [-0.4, -0.2) is 47.0 Å². The highest BCUT2D eigenvalue weighted by atomic mass is 16.5. The summed E-state index contributed by atoms with van der Waals surface area (Å²) < 4.78 is 12.6. The van der Waals surface area contributed by atoms with E-state index in [9.17, 15) is 4.79 Å². The van der Waals surface area contributed by atoms with Crippen molar-refractivity contribution in [3.05, 3.63) is 42.0 Å². The zero-order chi connectivity index (χ0) is 15.4. The van der Waals surface area contributed by atoms with E-state index in [1.54, 1.807) is 19.5 Å². The zero-order valence-electron chi connectivity index (χ0n) is 12.4. The summed E-state index contributed by atoms with van der Waals surface area (Å²) in [5.41, 5.74) is 1.44. The lowest BCUT2D eigenvalue weighted by atomic mass is 10.2. The number of amides is 1. The van der Waals surface area contributed by atoms with Gasteiger partial charge in [-0.15, -0.1) is 0 Å². The van der Waals surface area contributed by atoms with Crippen molar-refractivity contribution < 1.29 is 14.3 Å². The third-order valence-electron chi connectivity index (χ3n) is 3.44. The molecule has 0 unspecified atom stereocenters. The van der Waals surface area contributed by atoms with Crippen molar-refractivity contribution >= 4 is 5.91 Å². The van der Waals surface area contributed by atoms with Crippen molar-refractivity contribution in [1.29, 1.82) is 0 Å². The topological polar surface area (TPSA) is 78.3 Å². The van der Waals surface area contributed by atoms with Crippen molar-refractivity contribution in [2.45, 2.75) is 19.1 Å². The van der Waals surface area contributed by atoms with E-state index < -0.39 is 0 Å². The summed E-state index contributed by atoms with van der Waals surface area (Å²) in [6.07, 6.45) is 4.15. The lowest BCUT2D eigenvalue weighted by molar-refractivity contribution is 0.0930. The molecule has 1 N–H and O–H groups in total. The summed E-state index contributed by atoms with van der Waals surface area (Å²) in [5.74, 6) is 0.569. The van der Waals surface area contributed by atoms with Crippen LogP contribution in [0.3, 0.4) is 0 Å². The zero-order valence-corrected chi connectivity index (χ0v) is 12.4. The smallest absolute Gasteiger partial charge is 0.271 e. The van der Waals surface area contributed by atoms with E-state index in [2.05, 4.69) is 15.4 Å². The number of methoxy groups -OCH3 is 1. The predicted molar refractivity (Wildman–Crippen MR) is 78.8 cm³/mol. The molecule has 0 aromatic carbocycles. The molecule has 7 heteroatoms. The molecule has 7 nitrogen and oxygen atoms in total. The van der Waals surface area contributed by atoms with E-state index in [-0.39, 0.29) is 12.0 Å². The number of carbonyl (C=O) groups excluding carboxylic acids is 1. The summed E-state index contributed by atoms with van der Waals surface area (Å²) in [7, 11) is 1.60. The monoisotopic (exact) mass is 302 g/mol.